The third-order valence-electron chi connectivity index (χ3n) is 4.32. The van der Waals surface area contributed by atoms with E-state index in [9.17, 15) is 0 Å². The lowest BCUT2D eigenvalue weighted by Crippen LogP contribution is -2.18. The standard InChI is InChI=1S/C17H19ClN6O2/c1-25-12-8-10(18)5-6-11(12)21-15-14-16(23-17(19)22-15)24(9-20-14)13-4-2-3-7-26-13/h5-6,8-9,13H,2-4,7H2,1H3,(H3,19,21,22,23). The predicted molar refractivity (Wildman–Crippen MR) is 99.9 cm³/mol. The largest absolute Gasteiger partial charge is 0.495 e. The quantitative estimate of drug-likeness (QED) is 0.720. The van der Waals surface area contributed by atoms with Crippen molar-refractivity contribution >= 4 is 40.2 Å². The van der Waals surface area contributed by atoms with Gasteiger partial charge in [0.1, 0.15) is 12.0 Å². The van der Waals surface area contributed by atoms with Gasteiger partial charge in [0.25, 0.3) is 0 Å². The number of nitrogen functional groups attached to an aromatic ring is 1. The highest BCUT2D eigenvalue weighted by Crippen LogP contribution is 2.33. The Labute approximate surface area is 155 Å². The van der Waals surface area contributed by atoms with E-state index in [-0.39, 0.29) is 12.2 Å². The molecule has 4 rings (SSSR count). The van der Waals surface area contributed by atoms with Crippen LogP contribution in [0.5, 0.6) is 5.75 Å². The second kappa shape index (κ2) is 6.97. The van der Waals surface area contributed by atoms with Crippen molar-refractivity contribution in [2.45, 2.75) is 25.5 Å². The van der Waals surface area contributed by atoms with Crippen LogP contribution in [0, 0.1) is 0 Å². The maximum absolute atomic E-state index is 6.03. The second-order valence-corrected chi connectivity index (χ2v) is 6.48. The number of aromatic nitrogens is 4. The molecule has 1 aliphatic heterocycles. The fraction of sp³-hybridized carbons (Fsp3) is 0.353. The highest BCUT2D eigenvalue weighted by atomic mass is 35.5. The number of hydrogen-bond acceptors (Lipinski definition) is 7. The molecule has 0 spiro atoms. The zero-order valence-corrected chi connectivity index (χ0v) is 15.0. The molecule has 1 fully saturated rings. The maximum Gasteiger partial charge on any atom is 0.224 e. The molecule has 3 N–H and O–H groups in total. The normalized spacial score (nSPS) is 17.4. The lowest BCUT2D eigenvalue weighted by atomic mass is 10.2. The minimum Gasteiger partial charge on any atom is -0.495 e. The van der Waals surface area contributed by atoms with Crippen LogP contribution in [0.25, 0.3) is 11.2 Å². The molecule has 136 valence electrons. The summed E-state index contributed by atoms with van der Waals surface area (Å²) in [6, 6.07) is 5.30. The van der Waals surface area contributed by atoms with Crippen LogP contribution in [0.1, 0.15) is 25.5 Å². The summed E-state index contributed by atoms with van der Waals surface area (Å²) in [5.74, 6) is 1.26. The van der Waals surface area contributed by atoms with Crippen LogP contribution in [0.3, 0.4) is 0 Å². The minimum atomic E-state index is -0.0824. The van der Waals surface area contributed by atoms with E-state index in [1.54, 1.807) is 25.6 Å². The molecule has 1 saturated heterocycles. The van der Waals surface area contributed by atoms with E-state index in [4.69, 9.17) is 26.8 Å². The maximum atomic E-state index is 6.03. The van der Waals surface area contributed by atoms with Crippen molar-refractivity contribution in [2.75, 3.05) is 24.8 Å². The number of nitrogens with one attached hydrogen (secondary N) is 1. The van der Waals surface area contributed by atoms with Gasteiger partial charge in [-0.05, 0) is 31.4 Å². The predicted octanol–water partition coefficient (Wildman–Crippen LogP) is 3.51. The number of halogens is 1. The van der Waals surface area contributed by atoms with Gasteiger partial charge in [-0.2, -0.15) is 9.97 Å². The number of anilines is 3. The number of ether oxygens (including phenoxy) is 2. The Kier molecular flexibility index (Phi) is 4.52. The molecule has 0 aliphatic carbocycles. The van der Waals surface area contributed by atoms with Crippen LogP contribution in [0.4, 0.5) is 17.5 Å². The molecule has 8 nitrogen and oxygen atoms in total. The first-order valence-corrected chi connectivity index (χ1v) is 8.75. The van der Waals surface area contributed by atoms with E-state index < -0.39 is 0 Å². The summed E-state index contributed by atoms with van der Waals surface area (Å²) in [5, 5.41) is 3.80. The second-order valence-electron chi connectivity index (χ2n) is 6.05. The first kappa shape index (κ1) is 16.9. The molecule has 0 amide bonds. The average molecular weight is 375 g/mol. The van der Waals surface area contributed by atoms with Crippen LogP contribution in [0.15, 0.2) is 24.5 Å². The lowest BCUT2D eigenvalue weighted by molar-refractivity contribution is -0.0298. The topological polar surface area (TPSA) is 100 Å². The van der Waals surface area contributed by atoms with Crippen molar-refractivity contribution in [3.8, 4) is 5.75 Å². The van der Waals surface area contributed by atoms with Gasteiger partial charge < -0.3 is 20.5 Å². The number of methoxy groups -OCH3 is 1. The highest BCUT2D eigenvalue weighted by molar-refractivity contribution is 6.30. The van der Waals surface area contributed by atoms with E-state index >= 15 is 0 Å². The summed E-state index contributed by atoms with van der Waals surface area (Å²) in [6.07, 6.45) is 4.74. The smallest absolute Gasteiger partial charge is 0.224 e. The molecule has 3 aromatic rings. The molecule has 2 aromatic heterocycles. The first-order chi connectivity index (χ1) is 12.7. The summed E-state index contributed by atoms with van der Waals surface area (Å²) in [6.45, 7) is 0.734. The summed E-state index contributed by atoms with van der Waals surface area (Å²) < 4.78 is 13.1. The van der Waals surface area contributed by atoms with Gasteiger partial charge >= 0.3 is 0 Å². The summed E-state index contributed by atoms with van der Waals surface area (Å²) >= 11 is 6.03. The van der Waals surface area contributed by atoms with Gasteiger partial charge in [0.15, 0.2) is 17.0 Å². The van der Waals surface area contributed by atoms with Gasteiger partial charge in [0.05, 0.1) is 19.1 Å². The molecule has 1 unspecified atom stereocenters. The van der Waals surface area contributed by atoms with Gasteiger partial charge in [-0.15, -0.1) is 0 Å². The van der Waals surface area contributed by atoms with Crippen LogP contribution in [-0.4, -0.2) is 33.2 Å². The fourth-order valence-corrected chi connectivity index (χ4v) is 3.23. The first-order valence-electron chi connectivity index (χ1n) is 8.38. The Bertz CT molecular complexity index is 938. The number of rotatable bonds is 4. The molecule has 3 heterocycles. The van der Waals surface area contributed by atoms with Crippen molar-refractivity contribution in [3.05, 3.63) is 29.5 Å². The lowest BCUT2D eigenvalue weighted by Gasteiger charge is -2.23. The van der Waals surface area contributed by atoms with Crippen molar-refractivity contribution in [3.63, 3.8) is 0 Å². The van der Waals surface area contributed by atoms with E-state index in [1.807, 2.05) is 10.6 Å². The summed E-state index contributed by atoms with van der Waals surface area (Å²) in [5.41, 5.74) is 7.90. The van der Waals surface area contributed by atoms with E-state index in [0.717, 1.165) is 25.9 Å². The van der Waals surface area contributed by atoms with Crippen molar-refractivity contribution in [1.29, 1.82) is 0 Å². The Morgan fingerprint density at radius 3 is 3.00 bits per heavy atom. The third-order valence-corrected chi connectivity index (χ3v) is 4.56. The Balaban J connectivity index is 1.75. The Morgan fingerprint density at radius 2 is 2.23 bits per heavy atom. The summed E-state index contributed by atoms with van der Waals surface area (Å²) in [4.78, 5) is 13.1. The molecule has 9 heteroatoms. The molecule has 0 bridgehead atoms. The van der Waals surface area contributed by atoms with Gasteiger partial charge in [0, 0.05) is 17.7 Å². The monoisotopic (exact) mass is 374 g/mol. The molecular weight excluding hydrogens is 356 g/mol. The number of benzene rings is 1. The van der Waals surface area contributed by atoms with Crippen molar-refractivity contribution < 1.29 is 9.47 Å². The van der Waals surface area contributed by atoms with Gasteiger partial charge in [-0.3, -0.25) is 4.57 Å². The van der Waals surface area contributed by atoms with Gasteiger partial charge in [-0.1, -0.05) is 11.6 Å². The van der Waals surface area contributed by atoms with E-state index in [2.05, 4.69) is 20.3 Å². The molecule has 26 heavy (non-hydrogen) atoms. The van der Waals surface area contributed by atoms with Crippen LogP contribution in [-0.2, 0) is 4.74 Å². The number of hydrogen-bond donors (Lipinski definition) is 2. The van der Waals surface area contributed by atoms with Gasteiger partial charge in [0.2, 0.25) is 5.95 Å². The minimum absolute atomic E-state index is 0.0824. The molecule has 1 aromatic carbocycles. The Morgan fingerprint density at radius 1 is 1.35 bits per heavy atom. The number of imidazole rings is 1. The third kappa shape index (κ3) is 3.13. The average Bonchev–Trinajstić information content (AvgIpc) is 3.07. The Hall–Kier alpha value is -2.58. The van der Waals surface area contributed by atoms with Crippen LogP contribution < -0.4 is 15.8 Å². The summed E-state index contributed by atoms with van der Waals surface area (Å²) in [7, 11) is 1.58. The molecule has 0 saturated carbocycles. The van der Waals surface area contributed by atoms with E-state index in [1.165, 1.54) is 0 Å². The van der Waals surface area contributed by atoms with Crippen molar-refractivity contribution in [1.82, 2.24) is 19.5 Å². The molecular formula is C17H19ClN6O2. The van der Waals surface area contributed by atoms with Crippen LogP contribution >= 0.6 is 11.6 Å². The number of fused-ring (bicyclic) bond motifs is 1. The van der Waals surface area contributed by atoms with E-state index in [0.29, 0.717) is 33.4 Å². The molecule has 1 aliphatic rings. The zero-order chi connectivity index (χ0) is 18.1. The van der Waals surface area contributed by atoms with Crippen molar-refractivity contribution in [2.24, 2.45) is 0 Å². The zero-order valence-electron chi connectivity index (χ0n) is 14.3. The van der Waals surface area contributed by atoms with Crippen LogP contribution in [0.2, 0.25) is 5.02 Å². The highest BCUT2D eigenvalue weighted by Gasteiger charge is 2.21. The number of nitrogens with zero attached hydrogens (tertiary/aromatic N) is 4. The molecule has 0 radical (unpaired) electrons. The SMILES string of the molecule is COc1cc(Cl)ccc1Nc1nc(N)nc2c1ncn2C1CCCCO1. The molecule has 1 atom stereocenters. The van der Waals surface area contributed by atoms with Gasteiger partial charge in [-0.25, -0.2) is 4.98 Å². The fourth-order valence-electron chi connectivity index (χ4n) is 3.07. The number of nitrogens with two attached hydrogens (primary N) is 1.